The number of H-pyrrole nitrogens is 1. The van der Waals surface area contributed by atoms with Gasteiger partial charge >= 0.3 is 5.76 Å². The van der Waals surface area contributed by atoms with Crippen LogP contribution in [0.5, 0.6) is 0 Å². The number of benzene rings is 1. The molecule has 0 aliphatic carbocycles. The predicted octanol–water partition coefficient (Wildman–Crippen LogP) is 1.25. The van der Waals surface area contributed by atoms with Crippen LogP contribution in [-0.2, 0) is 0 Å². The van der Waals surface area contributed by atoms with Gasteiger partial charge in [-0.3, -0.25) is 10.1 Å². The number of aryl methyl sites for hydroxylation is 1. The van der Waals surface area contributed by atoms with Gasteiger partial charge in [0.25, 0.3) is 5.69 Å². The van der Waals surface area contributed by atoms with Crippen molar-refractivity contribution in [2.45, 2.75) is 6.92 Å². The number of rotatable bonds is 2. The summed E-state index contributed by atoms with van der Waals surface area (Å²) >= 11 is 0. The maximum atomic E-state index is 10.8. The second-order valence-corrected chi connectivity index (χ2v) is 3.17. The van der Waals surface area contributed by atoms with Crippen LogP contribution in [0.3, 0.4) is 0 Å². The standard InChI is InChI=1S/C9H7N3O4/c1-5-2-3-6(12(14)15)4-7(5)8-10-11-9(13)16-8/h2-4H,1H3,(H,11,13). The highest BCUT2D eigenvalue weighted by Crippen LogP contribution is 2.24. The van der Waals surface area contributed by atoms with E-state index in [1.54, 1.807) is 13.0 Å². The Bertz CT molecular complexity index is 599. The van der Waals surface area contributed by atoms with Crippen molar-refractivity contribution in [1.82, 2.24) is 10.2 Å². The fourth-order valence-electron chi connectivity index (χ4n) is 1.30. The highest BCUT2D eigenvalue weighted by Gasteiger charge is 2.13. The summed E-state index contributed by atoms with van der Waals surface area (Å²) < 4.78 is 4.74. The van der Waals surface area contributed by atoms with E-state index in [-0.39, 0.29) is 11.6 Å². The molecule has 7 heteroatoms. The molecule has 0 radical (unpaired) electrons. The van der Waals surface area contributed by atoms with Crippen LogP contribution < -0.4 is 5.76 Å². The number of aromatic amines is 1. The van der Waals surface area contributed by atoms with Crippen LogP contribution in [0.4, 0.5) is 5.69 Å². The third-order valence-electron chi connectivity index (χ3n) is 2.10. The molecule has 0 atom stereocenters. The van der Waals surface area contributed by atoms with Crippen LogP contribution in [0.1, 0.15) is 5.56 Å². The zero-order valence-corrected chi connectivity index (χ0v) is 8.26. The quantitative estimate of drug-likeness (QED) is 0.607. The molecule has 0 fully saturated rings. The van der Waals surface area contributed by atoms with Gasteiger partial charge in [-0.2, -0.15) is 0 Å². The van der Waals surface area contributed by atoms with Crippen molar-refractivity contribution in [1.29, 1.82) is 0 Å². The van der Waals surface area contributed by atoms with Crippen LogP contribution in [-0.4, -0.2) is 15.1 Å². The fourth-order valence-corrected chi connectivity index (χ4v) is 1.30. The molecular formula is C9H7N3O4. The van der Waals surface area contributed by atoms with Gasteiger partial charge in [0.05, 0.1) is 4.92 Å². The van der Waals surface area contributed by atoms with Crippen molar-refractivity contribution in [2.75, 3.05) is 0 Å². The molecule has 1 aromatic heterocycles. The maximum Gasteiger partial charge on any atom is 0.434 e. The van der Waals surface area contributed by atoms with E-state index in [1.165, 1.54) is 12.1 Å². The molecule has 0 amide bonds. The van der Waals surface area contributed by atoms with Gasteiger partial charge in [0, 0.05) is 17.7 Å². The first-order valence-electron chi connectivity index (χ1n) is 4.39. The lowest BCUT2D eigenvalue weighted by atomic mass is 10.1. The van der Waals surface area contributed by atoms with E-state index in [2.05, 4.69) is 10.2 Å². The van der Waals surface area contributed by atoms with E-state index in [0.717, 1.165) is 5.56 Å². The van der Waals surface area contributed by atoms with Gasteiger partial charge < -0.3 is 4.42 Å². The normalized spacial score (nSPS) is 10.3. The summed E-state index contributed by atoms with van der Waals surface area (Å²) in [6.45, 7) is 1.74. The molecule has 0 saturated carbocycles. The van der Waals surface area contributed by atoms with Gasteiger partial charge in [0.1, 0.15) is 0 Å². The third-order valence-corrected chi connectivity index (χ3v) is 2.10. The van der Waals surface area contributed by atoms with Gasteiger partial charge in [-0.25, -0.2) is 9.89 Å². The highest BCUT2D eigenvalue weighted by atomic mass is 16.6. The molecule has 1 heterocycles. The van der Waals surface area contributed by atoms with Gasteiger partial charge in [0.2, 0.25) is 5.89 Å². The van der Waals surface area contributed by atoms with Crippen molar-refractivity contribution in [3.63, 3.8) is 0 Å². The van der Waals surface area contributed by atoms with E-state index in [4.69, 9.17) is 4.42 Å². The summed E-state index contributed by atoms with van der Waals surface area (Å²) in [7, 11) is 0. The molecular weight excluding hydrogens is 214 g/mol. The number of nitro groups is 1. The number of nitro benzene ring substituents is 1. The Morgan fingerprint density at radius 1 is 1.50 bits per heavy atom. The highest BCUT2D eigenvalue weighted by molar-refractivity contribution is 5.61. The minimum absolute atomic E-state index is 0.0474. The molecule has 0 spiro atoms. The monoisotopic (exact) mass is 221 g/mol. The largest absolute Gasteiger partial charge is 0.434 e. The van der Waals surface area contributed by atoms with E-state index in [1.807, 2.05) is 0 Å². The summed E-state index contributed by atoms with van der Waals surface area (Å²) in [5.74, 6) is -0.646. The Morgan fingerprint density at radius 3 is 2.81 bits per heavy atom. The Kier molecular flexibility index (Phi) is 2.28. The van der Waals surface area contributed by atoms with Gasteiger partial charge in [-0.15, -0.1) is 5.10 Å². The lowest BCUT2D eigenvalue weighted by Crippen LogP contribution is -1.93. The molecule has 2 rings (SSSR count). The van der Waals surface area contributed by atoms with Crippen molar-refractivity contribution >= 4 is 5.69 Å². The van der Waals surface area contributed by atoms with Crippen molar-refractivity contribution in [2.24, 2.45) is 0 Å². The molecule has 0 aliphatic rings. The lowest BCUT2D eigenvalue weighted by Gasteiger charge is -1.99. The van der Waals surface area contributed by atoms with Crippen LogP contribution in [0.15, 0.2) is 27.4 Å². The van der Waals surface area contributed by atoms with Crippen LogP contribution in [0, 0.1) is 17.0 Å². The molecule has 0 bridgehead atoms. The second-order valence-electron chi connectivity index (χ2n) is 3.17. The van der Waals surface area contributed by atoms with Gasteiger partial charge in [-0.05, 0) is 12.5 Å². The number of non-ortho nitro benzene ring substituents is 1. The molecule has 82 valence electrons. The first kappa shape index (κ1) is 10.1. The van der Waals surface area contributed by atoms with E-state index >= 15 is 0 Å². The Morgan fingerprint density at radius 2 is 2.25 bits per heavy atom. The van der Waals surface area contributed by atoms with Crippen LogP contribution in [0.2, 0.25) is 0 Å². The van der Waals surface area contributed by atoms with Crippen molar-refractivity contribution in [3.05, 3.63) is 44.4 Å². The van der Waals surface area contributed by atoms with E-state index in [9.17, 15) is 14.9 Å². The Hall–Kier alpha value is -2.44. The zero-order valence-electron chi connectivity index (χ0n) is 8.26. The summed E-state index contributed by atoms with van der Waals surface area (Å²) in [6, 6.07) is 4.26. The van der Waals surface area contributed by atoms with Crippen LogP contribution in [0.25, 0.3) is 11.5 Å². The summed E-state index contributed by atoms with van der Waals surface area (Å²) in [6.07, 6.45) is 0. The molecule has 2 aromatic rings. The van der Waals surface area contributed by atoms with E-state index in [0.29, 0.717) is 5.56 Å². The topological polar surface area (TPSA) is 102 Å². The molecule has 0 unspecified atom stereocenters. The summed E-state index contributed by atoms with van der Waals surface area (Å²) in [4.78, 5) is 20.8. The smallest absolute Gasteiger partial charge is 0.388 e. The number of hydrogen-bond donors (Lipinski definition) is 1. The first-order chi connectivity index (χ1) is 7.58. The maximum absolute atomic E-state index is 10.8. The lowest BCUT2D eigenvalue weighted by molar-refractivity contribution is -0.384. The Labute approximate surface area is 88.9 Å². The molecule has 1 aromatic carbocycles. The van der Waals surface area contributed by atoms with Gasteiger partial charge in [0.15, 0.2) is 0 Å². The summed E-state index contributed by atoms with van der Waals surface area (Å²) in [5.41, 5.74) is 1.08. The predicted molar refractivity (Wildman–Crippen MR) is 54.0 cm³/mol. The van der Waals surface area contributed by atoms with Gasteiger partial charge in [-0.1, -0.05) is 6.07 Å². The van der Waals surface area contributed by atoms with Crippen molar-refractivity contribution < 1.29 is 9.34 Å². The minimum Gasteiger partial charge on any atom is -0.388 e. The summed E-state index contributed by atoms with van der Waals surface area (Å²) in [5, 5.41) is 16.3. The van der Waals surface area contributed by atoms with Crippen LogP contribution >= 0.6 is 0 Å². The number of nitrogens with one attached hydrogen (secondary N) is 1. The molecule has 7 nitrogen and oxygen atoms in total. The minimum atomic E-state index is -0.694. The SMILES string of the molecule is Cc1ccc([N+](=O)[O-])cc1-c1n[nH]c(=O)o1. The number of hydrogen-bond acceptors (Lipinski definition) is 5. The zero-order chi connectivity index (χ0) is 11.7. The molecule has 0 aliphatic heterocycles. The molecule has 16 heavy (non-hydrogen) atoms. The first-order valence-corrected chi connectivity index (χ1v) is 4.39. The molecule has 1 N–H and O–H groups in total. The second kappa shape index (κ2) is 3.61. The Balaban J connectivity index is 2.59. The number of aromatic nitrogens is 2. The fraction of sp³-hybridized carbons (Fsp3) is 0.111. The average Bonchev–Trinajstić information content (AvgIpc) is 2.65. The van der Waals surface area contributed by atoms with Crippen molar-refractivity contribution in [3.8, 4) is 11.5 Å². The molecule has 0 saturated heterocycles. The third kappa shape index (κ3) is 1.70. The van der Waals surface area contributed by atoms with E-state index < -0.39 is 10.7 Å². The average molecular weight is 221 g/mol. The number of nitrogens with zero attached hydrogens (tertiary/aromatic N) is 2.